The summed E-state index contributed by atoms with van der Waals surface area (Å²) in [4.78, 5) is 35.9. The topological polar surface area (TPSA) is 83.9 Å². The molecule has 1 aliphatic rings. The summed E-state index contributed by atoms with van der Waals surface area (Å²) in [5.41, 5.74) is 0.733. The van der Waals surface area contributed by atoms with Crippen molar-refractivity contribution in [3.05, 3.63) is 34.7 Å². The van der Waals surface area contributed by atoms with Crippen LogP contribution in [0.4, 0.5) is 4.79 Å². The molecule has 1 saturated heterocycles. The van der Waals surface area contributed by atoms with E-state index >= 15 is 0 Å². The second-order valence-electron chi connectivity index (χ2n) is 4.90. The molecule has 0 aliphatic carbocycles. The maximum Gasteiger partial charge on any atom is 0.341 e. The van der Waals surface area contributed by atoms with Crippen LogP contribution in [0.25, 0.3) is 6.08 Å². The van der Waals surface area contributed by atoms with Crippen LogP contribution < -0.4 is 4.74 Å². The number of ether oxygens (including phenoxy) is 1. The second kappa shape index (κ2) is 6.65. The first-order valence-electron chi connectivity index (χ1n) is 6.60. The quantitative estimate of drug-likeness (QED) is 0.839. The zero-order chi connectivity index (χ0) is 16.3. The van der Waals surface area contributed by atoms with E-state index in [1.165, 1.54) is 4.90 Å². The van der Waals surface area contributed by atoms with Gasteiger partial charge in [-0.2, -0.15) is 0 Å². The Morgan fingerprint density at radius 2 is 1.95 bits per heavy atom. The fourth-order valence-corrected chi connectivity index (χ4v) is 2.84. The van der Waals surface area contributed by atoms with Crippen LogP contribution in [0.2, 0.25) is 0 Å². The summed E-state index contributed by atoms with van der Waals surface area (Å²) in [6, 6.07) is 6.44. The van der Waals surface area contributed by atoms with Crippen molar-refractivity contribution in [1.82, 2.24) is 4.90 Å². The molecular weight excluding hydrogens is 306 g/mol. The minimum atomic E-state index is -1.05. The molecule has 1 aromatic carbocycles. The third-order valence-electron chi connectivity index (χ3n) is 2.88. The molecule has 0 atom stereocenters. The van der Waals surface area contributed by atoms with Crippen molar-refractivity contribution in [3.63, 3.8) is 0 Å². The Kier molecular flexibility index (Phi) is 4.87. The average molecular weight is 321 g/mol. The van der Waals surface area contributed by atoms with Gasteiger partial charge in [-0.05, 0) is 49.4 Å². The molecular formula is C15H15NO5S. The van der Waals surface area contributed by atoms with Crippen LogP contribution in [0.5, 0.6) is 5.75 Å². The van der Waals surface area contributed by atoms with Gasteiger partial charge < -0.3 is 9.84 Å². The number of carbonyl (C=O) groups is 3. The predicted octanol–water partition coefficient (Wildman–Crippen LogP) is 2.59. The highest BCUT2D eigenvalue weighted by atomic mass is 32.2. The SMILES string of the molecule is CC(C)N1C(=O)S/C(=C\c2ccc(OCC(=O)O)cc2)C1=O. The van der Waals surface area contributed by atoms with Crippen LogP contribution in [0.15, 0.2) is 29.2 Å². The Morgan fingerprint density at radius 1 is 1.32 bits per heavy atom. The van der Waals surface area contributed by atoms with Crippen LogP contribution in [0.1, 0.15) is 19.4 Å². The zero-order valence-electron chi connectivity index (χ0n) is 12.1. The van der Waals surface area contributed by atoms with Crippen LogP contribution in [-0.4, -0.2) is 39.8 Å². The van der Waals surface area contributed by atoms with Gasteiger partial charge in [-0.3, -0.25) is 14.5 Å². The highest BCUT2D eigenvalue weighted by Crippen LogP contribution is 2.33. The highest BCUT2D eigenvalue weighted by Gasteiger charge is 2.36. The van der Waals surface area contributed by atoms with Crippen LogP contribution in [-0.2, 0) is 9.59 Å². The van der Waals surface area contributed by atoms with Crippen LogP contribution in [0, 0.1) is 0 Å². The Bertz CT molecular complexity index is 636. The molecule has 7 heteroatoms. The molecule has 1 fully saturated rings. The molecule has 1 heterocycles. The van der Waals surface area contributed by atoms with E-state index in [4.69, 9.17) is 9.84 Å². The number of thioether (sulfide) groups is 1. The molecule has 0 radical (unpaired) electrons. The molecule has 0 saturated carbocycles. The summed E-state index contributed by atoms with van der Waals surface area (Å²) in [5, 5.41) is 8.26. The number of carbonyl (C=O) groups excluding carboxylic acids is 2. The summed E-state index contributed by atoms with van der Waals surface area (Å²) >= 11 is 0.913. The fourth-order valence-electron chi connectivity index (χ4n) is 1.88. The van der Waals surface area contributed by atoms with Gasteiger partial charge in [0, 0.05) is 6.04 Å². The second-order valence-corrected chi connectivity index (χ2v) is 5.89. The summed E-state index contributed by atoms with van der Waals surface area (Å²) in [6.07, 6.45) is 1.63. The van der Waals surface area contributed by atoms with Gasteiger partial charge >= 0.3 is 5.97 Å². The van der Waals surface area contributed by atoms with E-state index in [9.17, 15) is 14.4 Å². The van der Waals surface area contributed by atoms with Crippen molar-refractivity contribution in [2.24, 2.45) is 0 Å². The number of carboxylic acid groups (broad SMARTS) is 1. The Hall–Kier alpha value is -2.28. The summed E-state index contributed by atoms with van der Waals surface area (Å²) in [5.74, 6) is -0.919. The van der Waals surface area contributed by atoms with E-state index in [1.807, 2.05) is 0 Å². The molecule has 1 N–H and O–H groups in total. The van der Waals surface area contributed by atoms with E-state index < -0.39 is 12.6 Å². The number of carboxylic acids is 1. The Balaban J connectivity index is 2.11. The lowest BCUT2D eigenvalue weighted by atomic mass is 10.2. The first-order valence-corrected chi connectivity index (χ1v) is 7.42. The molecule has 0 bridgehead atoms. The molecule has 1 aliphatic heterocycles. The number of hydrogen-bond donors (Lipinski definition) is 1. The minimum absolute atomic E-state index is 0.176. The van der Waals surface area contributed by atoms with Gasteiger partial charge in [0.05, 0.1) is 4.91 Å². The van der Waals surface area contributed by atoms with Gasteiger partial charge in [-0.1, -0.05) is 12.1 Å². The van der Waals surface area contributed by atoms with Crippen molar-refractivity contribution >= 4 is 35.0 Å². The van der Waals surface area contributed by atoms with Crippen molar-refractivity contribution in [2.45, 2.75) is 19.9 Å². The third kappa shape index (κ3) is 3.67. The normalized spacial score (nSPS) is 16.7. The van der Waals surface area contributed by atoms with Crippen molar-refractivity contribution in [2.75, 3.05) is 6.61 Å². The summed E-state index contributed by atoms with van der Waals surface area (Å²) in [6.45, 7) is 3.16. The molecule has 6 nitrogen and oxygen atoms in total. The molecule has 0 unspecified atom stereocenters. The Morgan fingerprint density at radius 3 is 2.45 bits per heavy atom. The van der Waals surface area contributed by atoms with Crippen molar-refractivity contribution in [1.29, 1.82) is 0 Å². The van der Waals surface area contributed by atoms with Crippen LogP contribution >= 0.6 is 11.8 Å². The van der Waals surface area contributed by atoms with E-state index in [1.54, 1.807) is 44.2 Å². The summed E-state index contributed by atoms with van der Waals surface area (Å²) in [7, 11) is 0. The average Bonchev–Trinajstić information content (AvgIpc) is 2.72. The van der Waals surface area contributed by atoms with Gasteiger partial charge in [-0.25, -0.2) is 4.79 Å². The van der Waals surface area contributed by atoms with Gasteiger partial charge in [0.25, 0.3) is 11.1 Å². The first kappa shape index (κ1) is 16.1. The Labute approximate surface area is 131 Å². The number of nitrogens with zero attached hydrogens (tertiary/aromatic N) is 1. The van der Waals surface area contributed by atoms with Crippen molar-refractivity contribution < 1.29 is 24.2 Å². The van der Waals surface area contributed by atoms with E-state index in [-0.39, 0.29) is 17.2 Å². The van der Waals surface area contributed by atoms with Crippen LogP contribution in [0.3, 0.4) is 0 Å². The van der Waals surface area contributed by atoms with Gasteiger partial charge in [0.2, 0.25) is 0 Å². The van der Waals surface area contributed by atoms with E-state index in [2.05, 4.69) is 0 Å². The highest BCUT2D eigenvalue weighted by molar-refractivity contribution is 8.18. The summed E-state index contributed by atoms with van der Waals surface area (Å²) < 4.78 is 5.02. The standard InChI is InChI=1S/C15H15NO5S/c1-9(2)16-14(19)12(22-15(16)20)7-10-3-5-11(6-4-10)21-8-13(17)18/h3-7,9H,8H2,1-2H3,(H,17,18)/b12-7-. The molecule has 2 rings (SSSR count). The number of imide groups is 1. The molecule has 1 aromatic rings. The fraction of sp³-hybridized carbons (Fsp3) is 0.267. The van der Waals surface area contributed by atoms with Gasteiger partial charge in [0.1, 0.15) is 5.75 Å². The number of amides is 2. The lowest BCUT2D eigenvalue weighted by molar-refractivity contribution is -0.139. The number of aliphatic carboxylic acids is 1. The monoisotopic (exact) mass is 321 g/mol. The minimum Gasteiger partial charge on any atom is -0.482 e. The predicted molar refractivity (Wildman–Crippen MR) is 82.5 cm³/mol. The smallest absolute Gasteiger partial charge is 0.341 e. The third-order valence-corrected chi connectivity index (χ3v) is 3.76. The largest absolute Gasteiger partial charge is 0.482 e. The zero-order valence-corrected chi connectivity index (χ0v) is 12.9. The van der Waals surface area contributed by atoms with E-state index in [0.29, 0.717) is 10.7 Å². The first-order chi connectivity index (χ1) is 10.4. The molecule has 2 amide bonds. The number of rotatable bonds is 5. The lowest BCUT2D eigenvalue weighted by Crippen LogP contribution is -2.34. The lowest BCUT2D eigenvalue weighted by Gasteiger charge is -2.16. The maximum atomic E-state index is 12.1. The van der Waals surface area contributed by atoms with Gasteiger partial charge in [0.15, 0.2) is 6.61 Å². The molecule has 116 valence electrons. The van der Waals surface area contributed by atoms with E-state index in [0.717, 1.165) is 17.3 Å². The van der Waals surface area contributed by atoms with Crippen molar-refractivity contribution in [3.8, 4) is 5.75 Å². The number of hydrogen-bond acceptors (Lipinski definition) is 5. The molecule has 0 aromatic heterocycles. The molecule has 0 spiro atoms. The van der Waals surface area contributed by atoms with Gasteiger partial charge in [-0.15, -0.1) is 0 Å². The number of benzene rings is 1. The maximum absolute atomic E-state index is 12.1. The molecule has 22 heavy (non-hydrogen) atoms.